The van der Waals surface area contributed by atoms with Gasteiger partial charge in [-0.05, 0) is 23.6 Å². The maximum Gasteiger partial charge on any atom is 0.231 e. The fourth-order valence-corrected chi connectivity index (χ4v) is 2.38. The first-order valence-corrected chi connectivity index (χ1v) is 6.70. The molecule has 0 aliphatic carbocycles. The molecule has 4 nitrogen and oxygen atoms in total. The second kappa shape index (κ2) is 4.90. The Bertz CT molecular complexity index is 843. The number of hydrogen-bond donors (Lipinski definition) is 0. The molecule has 3 aromatic rings. The highest BCUT2D eigenvalue weighted by Crippen LogP contribution is 2.39. The highest BCUT2D eigenvalue weighted by atomic mass is 16.7. The molecular weight excluding hydrogens is 264 g/mol. The van der Waals surface area contributed by atoms with Crippen molar-refractivity contribution in [2.75, 3.05) is 6.79 Å². The Balaban J connectivity index is 1.93. The van der Waals surface area contributed by atoms with Crippen LogP contribution in [-0.2, 0) is 0 Å². The van der Waals surface area contributed by atoms with Crippen LogP contribution >= 0.6 is 0 Å². The van der Waals surface area contributed by atoms with Gasteiger partial charge in [0.15, 0.2) is 11.5 Å². The number of benzene rings is 3. The van der Waals surface area contributed by atoms with Crippen molar-refractivity contribution in [2.45, 2.75) is 0 Å². The number of azo groups is 1. The first-order valence-electron chi connectivity index (χ1n) is 6.70. The quantitative estimate of drug-likeness (QED) is 0.581. The third kappa shape index (κ3) is 2.10. The summed E-state index contributed by atoms with van der Waals surface area (Å²) in [5, 5.41) is 10.8. The molecule has 1 heterocycles. The van der Waals surface area contributed by atoms with Crippen LogP contribution in [0.2, 0.25) is 0 Å². The lowest BCUT2D eigenvalue weighted by molar-refractivity contribution is 0.121. The third-order valence-corrected chi connectivity index (χ3v) is 3.42. The molecule has 0 N–H and O–H groups in total. The van der Waals surface area contributed by atoms with E-state index < -0.39 is 0 Å². The lowest BCUT2D eigenvalue weighted by Gasteiger charge is -2.10. The largest absolute Gasteiger partial charge is 0.455 e. The maximum absolute atomic E-state index is 5.70. The molecule has 21 heavy (non-hydrogen) atoms. The molecule has 0 saturated carbocycles. The molecule has 0 bridgehead atoms. The van der Waals surface area contributed by atoms with E-state index in [4.69, 9.17) is 9.47 Å². The number of ether oxygens (including phenoxy) is 2. The van der Waals surface area contributed by atoms with Gasteiger partial charge in [-0.1, -0.05) is 42.5 Å². The summed E-state index contributed by atoms with van der Waals surface area (Å²) in [5.41, 5.74) is 1.43. The molecule has 0 atom stereocenters. The molecular formula is C17H12N2O2. The summed E-state index contributed by atoms with van der Waals surface area (Å²) in [6.07, 6.45) is 0. The topological polar surface area (TPSA) is 43.2 Å². The van der Waals surface area contributed by atoms with Gasteiger partial charge in [0, 0.05) is 5.39 Å². The van der Waals surface area contributed by atoms with Crippen molar-refractivity contribution in [2.24, 2.45) is 10.2 Å². The van der Waals surface area contributed by atoms with Crippen LogP contribution in [0.4, 0.5) is 11.4 Å². The molecule has 0 saturated heterocycles. The van der Waals surface area contributed by atoms with Gasteiger partial charge in [0.25, 0.3) is 0 Å². The maximum atomic E-state index is 5.70. The van der Waals surface area contributed by atoms with Crippen molar-refractivity contribution in [1.29, 1.82) is 0 Å². The minimum absolute atomic E-state index is 0.132. The van der Waals surface area contributed by atoms with Gasteiger partial charge in [0.1, 0.15) is 11.4 Å². The van der Waals surface area contributed by atoms with Gasteiger partial charge in [0.05, 0.1) is 0 Å². The minimum Gasteiger partial charge on any atom is -0.455 e. The van der Waals surface area contributed by atoms with Gasteiger partial charge >= 0.3 is 0 Å². The summed E-state index contributed by atoms with van der Waals surface area (Å²) >= 11 is 0. The van der Waals surface area contributed by atoms with Gasteiger partial charge < -0.3 is 9.47 Å². The lowest BCUT2D eigenvalue weighted by Crippen LogP contribution is -2.05. The van der Waals surface area contributed by atoms with Crippen molar-refractivity contribution in [3.8, 4) is 11.5 Å². The zero-order chi connectivity index (χ0) is 14.1. The lowest BCUT2D eigenvalue weighted by atomic mass is 10.1. The van der Waals surface area contributed by atoms with Crippen molar-refractivity contribution in [3.05, 3.63) is 60.7 Å². The van der Waals surface area contributed by atoms with E-state index >= 15 is 0 Å². The molecule has 0 aromatic heterocycles. The molecule has 1 aliphatic rings. The summed E-state index contributed by atoms with van der Waals surface area (Å²) in [5.74, 6) is 1.34. The van der Waals surface area contributed by atoms with Crippen molar-refractivity contribution in [1.82, 2.24) is 0 Å². The zero-order valence-electron chi connectivity index (χ0n) is 11.2. The average molecular weight is 276 g/mol. The van der Waals surface area contributed by atoms with E-state index in [0.29, 0.717) is 17.2 Å². The van der Waals surface area contributed by atoms with Crippen LogP contribution in [0.25, 0.3) is 10.8 Å². The van der Waals surface area contributed by atoms with Crippen molar-refractivity contribution >= 4 is 22.1 Å². The molecule has 0 unspecified atom stereocenters. The van der Waals surface area contributed by atoms with Crippen LogP contribution in [0, 0.1) is 0 Å². The number of nitrogens with zero attached hydrogens (tertiary/aromatic N) is 2. The summed E-state index contributed by atoms with van der Waals surface area (Å²) in [6.45, 7) is 0.132. The Labute approximate surface area is 121 Å². The van der Waals surface area contributed by atoms with Gasteiger partial charge in [-0.15, -0.1) is 10.2 Å². The highest BCUT2D eigenvalue weighted by Gasteiger charge is 2.12. The monoisotopic (exact) mass is 276 g/mol. The normalized spacial score (nSPS) is 13.1. The Morgan fingerprint density at radius 1 is 0.714 bits per heavy atom. The van der Waals surface area contributed by atoms with Crippen LogP contribution in [0.5, 0.6) is 11.5 Å². The van der Waals surface area contributed by atoms with E-state index in [1.165, 1.54) is 0 Å². The number of hydrogen-bond acceptors (Lipinski definition) is 4. The summed E-state index contributed by atoms with van der Waals surface area (Å²) in [6, 6.07) is 19.5. The van der Waals surface area contributed by atoms with E-state index in [-0.39, 0.29) is 6.79 Å². The number of para-hydroxylation sites is 1. The molecule has 0 radical (unpaired) electrons. The van der Waals surface area contributed by atoms with Crippen LogP contribution in [0.15, 0.2) is 70.9 Å². The predicted octanol–water partition coefficient (Wildman–Crippen LogP) is 4.98. The molecule has 0 amide bonds. The van der Waals surface area contributed by atoms with Crippen LogP contribution < -0.4 is 9.47 Å². The average Bonchev–Trinajstić information content (AvgIpc) is 2.63. The first-order chi connectivity index (χ1) is 10.4. The standard InChI is InChI=1S/C17H12N2O2/c1-2-6-13-12(5-1)9-10-16-17(13)19-18-14-7-3-4-8-15(14)20-11-21-16/h1-10H,11H2. The van der Waals surface area contributed by atoms with Gasteiger partial charge in [-0.25, -0.2) is 0 Å². The van der Waals surface area contributed by atoms with Crippen LogP contribution in [0.3, 0.4) is 0 Å². The van der Waals surface area contributed by atoms with E-state index in [1.807, 2.05) is 60.7 Å². The van der Waals surface area contributed by atoms with E-state index in [2.05, 4.69) is 10.2 Å². The highest BCUT2D eigenvalue weighted by molar-refractivity contribution is 5.95. The zero-order valence-corrected chi connectivity index (χ0v) is 11.2. The minimum atomic E-state index is 0.132. The molecule has 3 aromatic carbocycles. The molecule has 4 rings (SSSR count). The summed E-state index contributed by atoms with van der Waals surface area (Å²) < 4.78 is 11.3. The van der Waals surface area contributed by atoms with Crippen LogP contribution in [-0.4, -0.2) is 6.79 Å². The van der Waals surface area contributed by atoms with Crippen molar-refractivity contribution < 1.29 is 9.47 Å². The SMILES string of the molecule is c1ccc2c(c1)N=Nc1c(ccc3ccccc13)OCO2. The molecule has 102 valence electrons. The van der Waals surface area contributed by atoms with Gasteiger partial charge in [0.2, 0.25) is 6.79 Å². The molecule has 4 heteroatoms. The summed E-state index contributed by atoms with van der Waals surface area (Å²) in [7, 11) is 0. The van der Waals surface area contributed by atoms with Gasteiger partial charge in [-0.3, -0.25) is 0 Å². The number of fused-ring (bicyclic) bond motifs is 4. The third-order valence-electron chi connectivity index (χ3n) is 3.42. The first kappa shape index (κ1) is 11.9. The van der Waals surface area contributed by atoms with E-state index in [9.17, 15) is 0 Å². The summed E-state index contributed by atoms with van der Waals surface area (Å²) in [4.78, 5) is 0. The van der Waals surface area contributed by atoms with E-state index in [1.54, 1.807) is 0 Å². The van der Waals surface area contributed by atoms with Crippen LogP contribution in [0.1, 0.15) is 0 Å². The molecule has 1 aliphatic heterocycles. The Morgan fingerprint density at radius 2 is 1.52 bits per heavy atom. The number of rotatable bonds is 0. The molecule has 0 fully saturated rings. The van der Waals surface area contributed by atoms with Gasteiger partial charge in [-0.2, -0.15) is 0 Å². The smallest absolute Gasteiger partial charge is 0.231 e. The fourth-order valence-electron chi connectivity index (χ4n) is 2.38. The Kier molecular flexibility index (Phi) is 2.78. The Hall–Kier alpha value is -2.88. The second-order valence-electron chi connectivity index (χ2n) is 4.71. The predicted molar refractivity (Wildman–Crippen MR) is 80.7 cm³/mol. The van der Waals surface area contributed by atoms with E-state index in [0.717, 1.165) is 16.5 Å². The second-order valence-corrected chi connectivity index (χ2v) is 4.71. The van der Waals surface area contributed by atoms with Crippen molar-refractivity contribution in [3.63, 3.8) is 0 Å². The fraction of sp³-hybridized carbons (Fsp3) is 0.0588. The molecule has 0 spiro atoms. The Morgan fingerprint density at radius 3 is 2.52 bits per heavy atom.